The Morgan fingerprint density at radius 2 is 2.19 bits per heavy atom. The molecule has 114 valence electrons. The maximum absolute atomic E-state index is 11.9. The molecule has 0 saturated heterocycles. The van der Waals surface area contributed by atoms with Crippen LogP contribution in [-0.2, 0) is 14.3 Å². The monoisotopic (exact) mass is 296 g/mol. The van der Waals surface area contributed by atoms with Crippen molar-refractivity contribution >= 4 is 17.8 Å². The van der Waals surface area contributed by atoms with E-state index in [1.807, 2.05) is 0 Å². The number of carboxylic acid groups (broad SMARTS) is 1. The molecule has 0 radical (unpaired) electrons. The molecule has 1 fully saturated rings. The van der Waals surface area contributed by atoms with Gasteiger partial charge in [-0.2, -0.15) is 0 Å². The molecule has 1 aromatic heterocycles. The van der Waals surface area contributed by atoms with Crippen LogP contribution in [0, 0.1) is 0 Å². The Morgan fingerprint density at radius 1 is 1.48 bits per heavy atom. The molecule has 1 aliphatic carbocycles. The van der Waals surface area contributed by atoms with Crippen molar-refractivity contribution in [1.29, 1.82) is 0 Å². The number of hydrogen-bond donors (Lipinski definition) is 3. The van der Waals surface area contributed by atoms with Crippen molar-refractivity contribution < 1.29 is 24.2 Å². The third-order valence-corrected chi connectivity index (χ3v) is 3.14. The summed E-state index contributed by atoms with van der Waals surface area (Å²) < 4.78 is 4.43. The van der Waals surface area contributed by atoms with E-state index >= 15 is 0 Å². The van der Waals surface area contributed by atoms with Crippen molar-refractivity contribution in [3.8, 4) is 0 Å². The molecule has 1 aromatic rings. The Balaban J connectivity index is 1.93. The Kier molecular flexibility index (Phi) is 4.51. The van der Waals surface area contributed by atoms with E-state index in [1.165, 1.54) is 7.11 Å². The lowest BCUT2D eigenvalue weighted by molar-refractivity contribution is -0.142. The lowest BCUT2D eigenvalue weighted by Gasteiger charge is -2.12. The average molecular weight is 296 g/mol. The highest BCUT2D eigenvalue weighted by molar-refractivity contribution is 5.93. The number of H-pyrrole nitrogens is 1. The number of nitrogens with one attached hydrogen (secondary N) is 2. The number of aromatic amines is 1. The molecule has 21 heavy (non-hydrogen) atoms. The number of hydrogen-bond acceptors (Lipinski definition) is 6. The van der Waals surface area contributed by atoms with Gasteiger partial charge in [0.1, 0.15) is 11.9 Å². The lowest BCUT2D eigenvalue weighted by atomic mass is 10.1. The van der Waals surface area contributed by atoms with Gasteiger partial charge in [0.25, 0.3) is 5.91 Å². The van der Waals surface area contributed by atoms with Gasteiger partial charge in [-0.05, 0) is 19.3 Å². The minimum atomic E-state index is -1.23. The Bertz CT molecular complexity index is 552. The molecular formula is C12H16N4O5. The van der Waals surface area contributed by atoms with E-state index in [9.17, 15) is 14.4 Å². The van der Waals surface area contributed by atoms with Gasteiger partial charge in [0.05, 0.1) is 7.11 Å². The molecule has 0 unspecified atom stereocenters. The number of carbonyl (C=O) groups excluding carboxylic acids is 2. The largest absolute Gasteiger partial charge is 0.480 e. The number of aromatic nitrogens is 3. The van der Waals surface area contributed by atoms with Crippen LogP contribution in [0.15, 0.2) is 0 Å². The molecule has 1 heterocycles. The van der Waals surface area contributed by atoms with E-state index in [0.717, 1.165) is 12.8 Å². The van der Waals surface area contributed by atoms with E-state index in [-0.39, 0.29) is 18.7 Å². The van der Waals surface area contributed by atoms with Crippen molar-refractivity contribution in [2.24, 2.45) is 0 Å². The van der Waals surface area contributed by atoms with E-state index < -0.39 is 23.9 Å². The summed E-state index contributed by atoms with van der Waals surface area (Å²) in [4.78, 5) is 38.0. The van der Waals surface area contributed by atoms with Crippen LogP contribution in [0.1, 0.15) is 48.0 Å². The van der Waals surface area contributed by atoms with Crippen LogP contribution >= 0.6 is 0 Å². The van der Waals surface area contributed by atoms with Crippen molar-refractivity contribution in [2.75, 3.05) is 7.11 Å². The summed E-state index contributed by atoms with van der Waals surface area (Å²) in [5.74, 6) is -1.60. The van der Waals surface area contributed by atoms with Crippen LogP contribution in [0.25, 0.3) is 0 Å². The molecule has 1 amide bonds. The number of rotatable bonds is 7. The average Bonchev–Trinajstić information content (AvgIpc) is 3.19. The van der Waals surface area contributed by atoms with Gasteiger partial charge in [-0.3, -0.25) is 14.7 Å². The second kappa shape index (κ2) is 6.33. The molecule has 3 N–H and O–H groups in total. The zero-order chi connectivity index (χ0) is 15.4. The number of carboxylic acids is 1. The smallest absolute Gasteiger partial charge is 0.326 e. The minimum absolute atomic E-state index is 0.0619. The molecule has 1 aliphatic rings. The summed E-state index contributed by atoms with van der Waals surface area (Å²) in [6, 6.07) is -1.19. The topological polar surface area (TPSA) is 134 Å². The molecule has 1 saturated carbocycles. The third-order valence-electron chi connectivity index (χ3n) is 3.14. The summed E-state index contributed by atoms with van der Waals surface area (Å²) in [5.41, 5.74) is 0. The number of nitrogens with zero attached hydrogens (tertiary/aromatic N) is 2. The van der Waals surface area contributed by atoms with E-state index in [1.54, 1.807) is 0 Å². The van der Waals surface area contributed by atoms with Gasteiger partial charge >= 0.3 is 11.9 Å². The normalized spacial score (nSPS) is 15.3. The maximum Gasteiger partial charge on any atom is 0.326 e. The van der Waals surface area contributed by atoms with Crippen LogP contribution in [0.5, 0.6) is 0 Å². The van der Waals surface area contributed by atoms with Crippen molar-refractivity contribution in [3.63, 3.8) is 0 Å². The number of ether oxygens (including phenoxy) is 1. The van der Waals surface area contributed by atoms with Crippen LogP contribution < -0.4 is 5.32 Å². The van der Waals surface area contributed by atoms with Gasteiger partial charge in [-0.25, -0.2) is 9.78 Å². The zero-order valence-electron chi connectivity index (χ0n) is 11.5. The van der Waals surface area contributed by atoms with Gasteiger partial charge in [0.15, 0.2) is 0 Å². The first-order chi connectivity index (χ1) is 10.0. The Hall–Kier alpha value is -2.45. The standard InChI is InChI=1S/C12H16N4O5/c1-21-8(17)5-4-7(12(19)20)13-11(18)10-14-9(15-16-10)6-2-3-6/h6-7H,2-5H2,1H3,(H,13,18)(H,19,20)(H,14,15,16)/t7-/m1/s1. The molecule has 2 rings (SSSR count). The molecule has 0 aromatic carbocycles. The predicted molar refractivity (Wildman–Crippen MR) is 68.5 cm³/mol. The van der Waals surface area contributed by atoms with E-state index in [2.05, 4.69) is 25.2 Å². The minimum Gasteiger partial charge on any atom is -0.480 e. The summed E-state index contributed by atoms with van der Waals surface area (Å²) >= 11 is 0. The second-order valence-corrected chi connectivity index (χ2v) is 4.80. The highest BCUT2D eigenvalue weighted by atomic mass is 16.5. The highest BCUT2D eigenvalue weighted by Crippen LogP contribution is 2.37. The van der Waals surface area contributed by atoms with Crippen LogP contribution in [0.3, 0.4) is 0 Å². The number of amides is 1. The van der Waals surface area contributed by atoms with Gasteiger partial charge in [0, 0.05) is 12.3 Å². The number of methoxy groups -OCH3 is 1. The van der Waals surface area contributed by atoms with Gasteiger partial charge in [-0.1, -0.05) is 0 Å². The van der Waals surface area contributed by atoms with Crippen LogP contribution in [0.2, 0.25) is 0 Å². The SMILES string of the molecule is COC(=O)CC[C@@H](NC(=O)c1n[nH]c(C2CC2)n1)C(=O)O. The molecular weight excluding hydrogens is 280 g/mol. The molecule has 0 spiro atoms. The second-order valence-electron chi connectivity index (χ2n) is 4.80. The molecule has 9 heteroatoms. The third kappa shape index (κ3) is 4.01. The summed E-state index contributed by atoms with van der Waals surface area (Å²) in [7, 11) is 1.21. The highest BCUT2D eigenvalue weighted by Gasteiger charge is 2.29. The first kappa shape index (κ1) is 14.9. The molecule has 9 nitrogen and oxygen atoms in total. The summed E-state index contributed by atoms with van der Waals surface area (Å²) in [6.07, 6.45) is 1.85. The quantitative estimate of drug-likeness (QED) is 0.594. The summed E-state index contributed by atoms with van der Waals surface area (Å²) in [5, 5.41) is 17.8. The van der Waals surface area contributed by atoms with Gasteiger partial charge in [0.2, 0.25) is 5.82 Å². The van der Waals surface area contributed by atoms with E-state index in [0.29, 0.717) is 11.7 Å². The fourth-order valence-electron chi connectivity index (χ4n) is 1.76. The fraction of sp³-hybridized carbons (Fsp3) is 0.583. The molecule has 0 bridgehead atoms. The Morgan fingerprint density at radius 3 is 2.76 bits per heavy atom. The predicted octanol–water partition coefficient (Wildman–Crippen LogP) is -0.182. The van der Waals surface area contributed by atoms with Gasteiger partial charge < -0.3 is 15.2 Å². The van der Waals surface area contributed by atoms with Crippen molar-refractivity contribution in [1.82, 2.24) is 20.5 Å². The van der Waals surface area contributed by atoms with E-state index in [4.69, 9.17) is 5.11 Å². The number of aliphatic carboxylic acids is 1. The van der Waals surface area contributed by atoms with Crippen LogP contribution in [-0.4, -0.2) is 51.3 Å². The van der Waals surface area contributed by atoms with Crippen molar-refractivity contribution in [2.45, 2.75) is 37.6 Å². The number of esters is 1. The number of carbonyl (C=O) groups is 3. The maximum atomic E-state index is 11.9. The van der Waals surface area contributed by atoms with Gasteiger partial charge in [-0.15, -0.1) is 5.10 Å². The lowest BCUT2D eigenvalue weighted by Crippen LogP contribution is -2.41. The first-order valence-corrected chi connectivity index (χ1v) is 6.54. The Labute approximate surface area is 120 Å². The molecule has 1 atom stereocenters. The van der Waals surface area contributed by atoms with Crippen molar-refractivity contribution in [3.05, 3.63) is 11.6 Å². The summed E-state index contributed by atoms with van der Waals surface area (Å²) in [6.45, 7) is 0. The zero-order valence-corrected chi connectivity index (χ0v) is 11.5. The first-order valence-electron chi connectivity index (χ1n) is 6.54. The molecule has 0 aliphatic heterocycles. The van der Waals surface area contributed by atoms with Crippen LogP contribution in [0.4, 0.5) is 0 Å². The fourth-order valence-corrected chi connectivity index (χ4v) is 1.76.